The molecule has 1 heteroatoms. The first-order valence-electron chi connectivity index (χ1n) is 7.49. The van der Waals surface area contributed by atoms with Gasteiger partial charge >= 0.3 is 0 Å². The maximum absolute atomic E-state index is 10.7. The molecule has 0 amide bonds. The van der Waals surface area contributed by atoms with E-state index in [9.17, 15) is 5.11 Å². The molecule has 0 saturated carbocycles. The van der Waals surface area contributed by atoms with Gasteiger partial charge in [-0.25, -0.2) is 0 Å². The number of rotatable bonds is 6. The molecule has 2 aromatic carbocycles. The lowest BCUT2D eigenvalue weighted by molar-refractivity contribution is 0.117. The number of hydrogen-bond donors (Lipinski definition) is 1. The smallest absolute Gasteiger partial charge is 0.0651 e. The Kier molecular flexibility index (Phi) is 5.37. The quantitative estimate of drug-likeness (QED) is 0.822. The summed E-state index contributed by atoms with van der Waals surface area (Å²) in [5, 5.41) is 10.7. The van der Waals surface area contributed by atoms with Crippen molar-refractivity contribution in [2.75, 3.05) is 0 Å². The van der Waals surface area contributed by atoms with E-state index in [4.69, 9.17) is 0 Å². The zero-order valence-corrected chi connectivity index (χ0v) is 12.4. The van der Waals surface area contributed by atoms with Crippen LogP contribution >= 0.6 is 0 Å². The Bertz CT molecular complexity index is 492. The van der Waals surface area contributed by atoms with Gasteiger partial charge in [0.05, 0.1) is 6.10 Å². The third kappa shape index (κ3) is 3.71. The molecule has 0 aromatic heterocycles. The molecule has 20 heavy (non-hydrogen) atoms. The maximum Gasteiger partial charge on any atom is 0.0651 e. The Morgan fingerprint density at radius 1 is 0.900 bits per heavy atom. The van der Waals surface area contributed by atoms with Crippen LogP contribution in [0, 0.1) is 5.92 Å². The topological polar surface area (TPSA) is 20.2 Å². The molecule has 0 aliphatic carbocycles. The molecule has 1 N–H and O–H groups in total. The zero-order chi connectivity index (χ0) is 14.4. The van der Waals surface area contributed by atoms with Crippen LogP contribution in [0.3, 0.4) is 0 Å². The van der Waals surface area contributed by atoms with E-state index in [1.807, 2.05) is 24.3 Å². The van der Waals surface area contributed by atoms with Crippen molar-refractivity contribution in [1.29, 1.82) is 0 Å². The summed E-state index contributed by atoms with van der Waals surface area (Å²) < 4.78 is 0. The summed E-state index contributed by atoms with van der Waals surface area (Å²) in [6, 6.07) is 20.6. The molecule has 0 aliphatic rings. The first kappa shape index (κ1) is 14.8. The van der Waals surface area contributed by atoms with Gasteiger partial charge in [0, 0.05) is 5.92 Å². The lowest BCUT2D eigenvalue weighted by atomic mass is 9.79. The average Bonchev–Trinajstić information content (AvgIpc) is 2.49. The fourth-order valence-electron chi connectivity index (χ4n) is 2.84. The van der Waals surface area contributed by atoms with Crippen molar-refractivity contribution in [2.45, 2.75) is 38.7 Å². The minimum absolute atomic E-state index is 0.196. The number of hydrogen-bond acceptors (Lipinski definition) is 1. The largest absolute Gasteiger partial charge is 0.392 e. The Hall–Kier alpha value is -1.60. The summed E-state index contributed by atoms with van der Waals surface area (Å²) in [6.45, 7) is 4.42. The van der Waals surface area contributed by atoms with Crippen LogP contribution in [0.4, 0.5) is 0 Å². The normalized spacial score (nSPS) is 15.6. The van der Waals surface area contributed by atoms with Gasteiger partial charge in [-0.2, -0.15) is 0 Å². The van der Waals surface area contributed by atoms with Crippen LogP contribution in [-0.2, 0) is 6.42 Å². The van der Waals surface area contributed by atoms with Crippen LogP contribution in [0.1, 0.15) is 37.3 Å². The summed E-state index contributed by atoms with van der Waals surface area (Å²) >= 11 is 0. The van der Waals surface area contributed by atoms with Gasteiger partial charge in [-0.05, 0) is 23.5 Å². The Labute approximate surface area is 122 Å². The highest BCUT2D eigenvalue weighted by atomic mass is 16.3. The standard InChI is InChI=1S/C19H24O/c1-3-15(2)19(17-12-8-5-9-13-17)18(20)14-16-10-6-4-7-11-16/h4-13,15,18-20H,3,14H2,1-2H3. The highest BCUT2D eigenvalue weighted by molar-refractivity contribution is 5.23. The predicted molar refractivity (Wildman–Crippen MR) is 84.8 cm³/mol. The monoisotopic (exact) mass is 268 g/mol. The fourth-order valence-corrected chi connectivity index (χ4v) is 2.84. The highest BCUT2D eigenvalue weighted by Gasteiger charge is 2.25. The maximum atomic E-state index is 10.7. The summed E-state index contributed by atoms with van der Waals surface area (Å²) in [5.74, 6) is 0.664. The van der Waals surface area contributed by atoms with Crippen molar-refractivity contribution in [3.05, 3.63) is 71.8 Å². The molecular weight excluding hydrogens is 244 g/mol. The summed E-state index contributed by atoms with van der Waals surface area (Å²) in [6.07, 6.45) is 1.45. The van der Waals surface area contributed by atoms with Gasteiger partial charge in [0.2, 0.25) is 0 Å². The third-order valence-electron chi connectivity index (χ3n) is 4.14. The summed E-state index contributed by atoms with van der Waals surface area (Å²) in [5.41, 5.74) is 2.44. The third-order valence-corrected chi connectivity index (χ3v) is 4.14. The van der Waals surface area contributed by atoms with Gasteiger partial charge < -0.3 is 5.11 Å². The van der Waals surface area contributed by atoms with Crippen molar-refractivity contribution in [3.8, 4) is 0 Å². The van der Waals surface area contributed by atoms with Crippen LogP contribution in [0.5, 0.6) is 0 Å². The van der Waals surface area contributed by atoms with Crippen LogP contribution in [-0.4, -0.2) is 11.2 Å². The van der Waals surface area contributed by atoms with Gasteiger partial charge in [0.1, 0.15) is 0 Å². The molecule has 0 radical (unpaired) electrons. The van der Waals surface area contributed by atoms with Gasteiger partial charge in [0.15, 0.2) is 0 Å². The first-order chi connectivity index (χ1) is 9.72. The van der Waals surface area contributed by atoms with E-state index in [2.05, 4.69) is 50.2 Å². The van der Waals surface area contributed by atoms with Crippen molar-refractivity contribution < 1.29 is 5.11 Å². The van der Waals surface area contributed by atoms with E-state index < -0.39 is 0 Å². The molecule has 0 bridgehead atoms. The Morgan fingerprint density at radius 2 is 1.45 bits per heavy atom. The molecule has 0 aliphatic heterocycles. The van der Waals surface area contributed by atoms with E-state index in [0.717, 1.165) is 6.42 Å². The second-order valence-corrected chi connectivity index (χ2v) is 5.58. The van der Waals surface area contributed by atoms with Crippen LogP contribution in [0.25, 0.3) is 0 Å². The molecular formula is C19H24O. The van der Waals surface area contributed by atoms with E-state index in [1.54, 1.807) is 0 Å². The minimum Gasteiger partial charge on any atom is -0.392 e. The molecule has 2 aromatic rings. The summed E-state index contributed by atoms with van der Waals surface area (Å²) in [4.78, 5) is 0. The van der Waals surface area contributed by atoms with E-state index >= 15 is 0 Å². The number of aliphatic hydroxyl groups is 1. The molecule has 3 unspecified atom stereocenters. The van der Waals surface area contributed by atoms with Crippen LogP contribution in [0.15, 0.2) is 60.7 Å². The zero-order valence-electron chi connectivity index (χ0n) is 12.4. The molecule has 1 nitrogen and oxygen atoms in total. The van der Waals surface area contributed by atoms with Gasteiger partial charge in [-0.1, -0.05) is 80.9 Å². The molecule has 0 fully saturated rings. The molecule has 0 saturated heterocycles. The Morgan fingerprint density at radius 3 is 2.00 bits per heavy atom. The second-order valence-electron chi connectivity index (χ2n) is 5.58. The minimum atomic E-state index is -0.338. The predicted octanol–water partition coefficient (Wildman–Crippen LogP) is 4.42. The van der Waals surface area contributed by atoms with Crippen molar-refractivity contribution in [3.63, 3.8) is 0 Å². The molecule has 106 valence electrons. The second kappa shape index (κ2) is 7.25. The SMILES string of the molecule is CCC(C)C(c1ccccc1)C(O)Cc1ccccc1. The fraction of sp³-hybridized carbons (Fsp3) is 0.368. The van der Waals surface area contributed by atoms with Crippen LogP contribution < -0.4 is 0 Å². The van der Waals surface area contributed by atoms with Gasteiger partial charge in [0.25, 0.3) is 0 Å². The Balaban J connectivity index is 2.19. The van der Waals surface area contributed by atoms with Gasteiger partial charge in [-0.3, -0.25) is 0 Å². The van der Waals surface area contributed by atoms with Crippen molar-refractivity contribution in [2.24, 2.45) is 5.92 Å². The first-order valence-corrected chi connectivity index (χ1v) is 7.49. The summed E-state index contributed by atoms with van der Waals surface area (Å²) in [7, 11) is 0. The van der Waals surface area contributed by atoms with E-state index in [1.165, 1.54) is 11.1 Å². The van der Waals surface area contributed by atoms with E-state index in [0.29, 0.717) is 12.3 Å². The number of aliphatic hydroxyl groups excluding tert-OH is 1. The number of benzene rings is 2. The molecule has 0 heterocycles. The lowest BCUT2D eigenvalue weighted by Gasteiger charge is -2.28. The van der Waals surface area contributed by atoms with Crippen molar-refractivity contribution >= 4 is 0 Å². The average molecular weight is 268 g/mol. The molecule has 3 atom stereocenters. The van der Waals surface area contributed by atoms with Crippen LogP contribution in [0.2, 0.25) is 0 Å². The van der Waals surface area contributed by atoms with Gasteiger partial charge in [-0.15, -0.1) is 0 Å². The van der Waals surface area contributed by atoms with Crippen molar-refractivity contribution in [1.82, 2.24) is 0 Å². The van der Waals surface area contributed by atoms with E-state index in [-0.39, 0.29) is 12.0 Å². The lowest BCUT2D eigenvalue weighted by Crippen LogP contribution is -2.26. The highest BCUT2D eigenvalue weighted by Crippen LogP contribution is 2.31. The molecule has 2 rings (SSSR count). The molecule has 0 spiro atoms.